The highest BCUT2D eigenvalue weighted by molar-refractivity contribution is 5.42. The quantitative estimate of drug-likeness (QED) is 0.939. The van der Waals surface area contributed by atoms with Gasteiger partial charge in [-0.3, -0.25) is 0 Å². The smallest absolute Gasteiger partial charge is 0.128 e. The molecule has 124 valence electrons. The zero-order valence-electron chi connectivity index (χ0n) is 14.4. The van der Waals surface area contributed by atoms with Crippen LogP contribution < -0.4 is 10.2 Å². The third-order valence-corrected chi connectivity index (χ3v) is 4.99. The van der Waals surface area contributed by atoms with Gasteiger partial charge in [-0.25, -0.2) is 4.98 Å². The number of aryl methyl sites for hydroxylation is 1. The average molecular weight is 320 g/mol. The number of hydrogen-bond acceptors (Lipinski definition) is 4. The molecular weight excluding hydrogens is 296 g/mol. The molecule has 24 heavy (non-hydrogen) atoms. The van der Waals surface area contributed by atoms with Crippen LogP contribution in [0.4, 0.5) is 5.82 Å². The molecule has 0 aliphatic carbocycles. The summed E-state index contributed by atoms with van der Waals surface area (Å²) in [5, 5.41) is 12.6. The second-order valence-corrected chi connectivity index (χ2v) is 6.52. The maximum absolute atomic E-state index is 8.85. The largest absolute Gasteiger partial charge is 0.357 e. The maximum Gasteiger partial charge on any atom is 0.128 e. The van der Waals surface area contributed by atoms with E-state index in [1.165, 1.54) is 16.7 Å². The average Bonchev–Trinajstić information content (AvgIpc) is 2.63. The molecule has 1 N–H and O–H groups in total. The van der Waals surface area contributed by atoms with Gasteiger partial charge >= 0.3 is 0 Å². The normalized spacial score (nSPS) is 15.3. The SMILES string of the molecule is Cc1cccc(CNC2CCN(c3ccc(C#N)cn3)CC2)c1C. The van der Waals surface area contributed by atoms with Crippen LogP contribution in [-0.2, 0) is 6.54 Å². The van der Waals surface area contributed by atoms with Gasteiger partial charge in [0.1, 0.15) is 11.9 Å². The van der Waals surface area contributed by atoms with Crippen LogP contribution in [0.1, 0.15) is 35.1 Å². The van der Waals surface area contributed by atoms with Crippen molar-refractivity contribution in [3.8, 4) is 6.07 Å². The first kappa shape index (κ1) is 16.5. The number of pyridine rings is 1. The van der Waals surface area contributed by atoms with Crippen LogP contribution in [0.2, 0.25) is 0 Å². The van der Waals surface area contributed by atoms with Crippen molar-refractivity contribution in [1.29, 1.82) is 5.26 Å². The van der Waals surface area contributed by atoms with E-state index in [0.717, 1.165) is 38.3 Å². The summed E-state index contributed by atoms with van der Waals surface area (Å²) in [4.78, 5) is 6.70. The topological polar surface area (TPSA) is 52.0 Å². The van der Waals surface area contributed by atoms with Crippen molar-refractivity contribution in [2.45, 2.75) is 39.3 Å². The van der Waals surface area contributed by atoms with Crippen molar-refractivity contribution >= 4 is 5.82 Å². The number of nitriles is 1. The summed E-state index contributed by atoms with van der Waals surface area (Å²) in [5.74, 6) is 0.974. The van der Waals surface area contributed by atoms with Crippen LogP contribution in [0.25, 0.3) is 0 Å². The Balaban J connectivity index is 1.51. The number of benzene rings is 1. The first-order valence-electron chi connectivity index (χ1n) is 8.57. The molecule has 3 rings (SSSR count). The Morgan fingerprint density at radius 1 is 1.21 bits per heavy atom. The number of aromatic nitrogens is 1. The fraction of sp³-hybridized carbons (Fsp3) is 0.400. The molecule has 0 spiro atoms. The molecule has 0 atom stereocenters. The van der Waals surface area contributed by atoms with E-state index < -0.39 is 0 Å². The monoisotopic (exact) mass is 320 g/mol. The van der Waals surface area contributed by atoms with Crippen LogP contribution in [-0.4, -0.2) is 24.1 Å². The fourth-order valence-corrected chi connectivity index (χ4v) is 3.21. The van der Waals surface area contributed by atoms with Crippen molar-refractivity contribution < 1.29 is 0 Å². The molecule has 0 bridgehead atoms. The predicted octanol–water partition coefficient (Wildman–Crippen LogP) is 3.33. The van der Waals surface area contributed by atoms with E-state index in [0.29, 0.717) is 11.6 Å². The lowest BCUT2D eigenvalue weighted by atomic mass is 10.0. The zero-order valence-corrected chi connectivity index (χ0v) is 14.4. The summed E-state index contributed by atoms with van der Waals surface area (Å²) >= 11 is 0. The van der Waals surface area contributed by atoms with Gasteiger partial charge in [-0.15, -0.1) is 0 Å². The molecule has 4 heteroatoms. The van der Waals surface area contributed by atoms with E-state index in [1.54, 1.807) is 6.20 Å². The van der Waals surface area contributed by atoms with Gasteiger partial charge in [-0.05, 0) is 55.5 Å². The van der Waals surface area contributed by atoms with Gasteiger partial charge in [0.2, 0.25) is 0 Å². The number of nitrogens with one attached hydrogen (secondary N) is 1. The van der Waals surface area contributed by atoms with Crippen LogP contribution in [0.5, 0.6) is 0 Å². The highest BCUT2D eigenvalue weighted by Crippen LogP contribution is 2.19. The summed E-state index contributed by atoms with van der Waals surface area (Å²) in [6.07, 6.45) is 3.89. The number of rotatable bonds is 4. The van der Waals surface area contributed by atoms with E-state index in [4.69, 9.17) is 5.26 Å². The Morgan fingerprint density at radius 2 is 2.00 bits per heavy atom. The number of nitrogens with zero attached hydrogens (tertiary/aromatic N) is 3. The first-order valence-corrected chi connectivity index (χ1v) is 8.57. The maximum atomic E-state index is 8.85. The van der Waals surface area contributed by atoms with Crippen molar-refractivity contribution in [2.75, 3.05) is 18.0 Å². The number of hydrogen-bond donors (Lipinski definition) is 1. The zero-order chi connectivity index (χ0) is 16.9. The second-order valence-electron chi connectivity index (χ2n) is 6.52. The predicted molar refractivity (Wildman–Crippen MR) is 96.9 cm³/mol. The first-order chi connectivity index (χ1) is 11.7. The highest BCUT2D eigenvalue weighted by atomic mass is 15.2. The standard InChI is InChI=1S/C20H24N4/c1-15-4-3-5-18(16(15)2)14-22-19-8-10-24(11-9-19)20-7-6-17(12-21)13-23-20/h3-7,13,19,22H,8-11,14H2,1-2H3. The molecule has 1 saturated heterocycles. The van der Waals surface area contributed by atoms with Crippen LogP contribution in [0.3, 0.4) is 0 Å². The Morgan fingerprint density at radius 3 is 2.67 bits per heavy atom. The molecule has 4 nitrogen and oxygen atoms in total. The van der Waals surface area contributed by atoms with Crippen molar-refractivity contribution in [2.24, 2.45) is 0 Å². The molecule has 1 aromatic heterocycles. The summed E-state index contributed by atoms with van der Waals surface area (Å²) in [6.45, 7) is 7.31. The van der Waals surface area contributed by atoms with Gasteiger partial charge in [-0.2, -0.15) is 5.26 Å². The summed E-state index contributed by atoms with van der Waals surface area (Å²) < 4.78 is 0. The molecule has 2 heterocycles. The van der Waals surface area contributed by atoms with Gasteiger partial charge in [0.25, 0.3) is 0 Å². The van der Waals surface area contributed by atoms with Gasteiger partial charge in [-0.1, -0.05) is 18.2 Å². The fourth-order valence-electron chi connectivity index (χ4n) is 3.21. The Kier molecular flexibility index (Phi) is 5.12. The van der Waals surface area contributed by atoms with E-state index >= 15 is 0 Å². The minimum atomic E-state index is 0.555. The van der Waals surface area contributed by atoms with Crippen LogP contribution in [0.15, 0.2) is 36.5 Å². The van der Waals surface area contributed by atoms with Crippen molar-refractivity contribution in [3.63, 3.8) is 0 Å². The van der Waals surface area contributed by atoms with Crippen LogP contribution in [0, 0.1) is 25.2 Å². The summed E-state index contributed by atoms with van der Waals surface area (Å²) in [6, 6.07) is 13.0. The van der Waals surface area contributed by atoms with E-state index in [2.05, 4.69) is 53.3 Å². The Bertz CT molecular complexity index is 722. The molecule has 1 aromatic carbocycles. The molecule has 0 radical (unpaired) electrons. The van der Waals surface area contributed by atoms with Gasteiger partial charge in [0.05, 0.1) is 5.56 Å². The van der Waals surface area contributed by atoms with Crippen molar-refractivity contribution in [1.82, 2.24) is 10.3 Å². The third-order valence-electron chi connectivity index (χ3n) is 4.99. The lowest BCUT2D eigenvalue weighted by molar-refractivity contribution is 0.412. The molecule has 0 amide bonds. The number of piperidine rings is 1. The molecule has 1 fully saturated rings. The van der Waals surface area contributed by atoms with Gasteiger partial charge < -0.3 is 10.2 Å². The molecule has 0 saturated carbocycles. The minimum Gasteiger partial charge on any atom is -0.357 e. The lowest BCUT2D eigenvalue weighted by Gasteiger charge is -2.33. The van der Waals surface area contributed by atoms with Crippen LogP contribution >= 0.6 is 0 Å². The van der Waals surface area contributed by atoms with Gasteiger partial charge in [0.15, 0.2) is 0 Å². The molecule has 1 aliphatic heterocycles. The third kappa shape index (κ3) is 3.74. The van der Waals surface area contributed by atoms with E-state index in [9.17, 15) is 0 Å². The molecule has 0 unspecified atom stereocenters. The molecule has 2 aromatic rings. The van der Waals surface area contributed by atoms with Gasteiger partial charge in [0, 0.05) is 31.9 Å². The molecule has 1 aliphatic rings. The van der Waals surface area contributed by atoms with Crippen molar-refractivity contribution in [3.05, 3.63) is 58.8 Å². The summed E-state index contributed by atoms with van der Waals surface area (Å²) in [7, 11) is 0. The summed E-state index contributed by atoms with van der Waals surface area (Å²) in [5.41, 5.74) is 4.76. The Labute approximate surface area is 144 Å². The lowest BCUT2D eigenvalue weighted by Crippen LogP contribution is -2.42. The van der Waals surface area contributed by atoms with E-state index in [1.807, 2.05) is 12.1 Å². The molecular formula is C20H24N4. The van der Waals surface area contributed by atoms with E-state index in [-0.39, 0.29) is 0 Å². The minimum absolute atomic E-state index is 0.555. The highest BCUT2D eigenvalue weighted by Gasteiger charge is 2.19. The number of anilines is 1. The second kappa shape index (κ2) is 7.46. The Hall–Kier alpha value is -2.38.